The molecular weight excluding hydrogens is 286 g/mol. The van der Waals surface area contributed by atoms with E-state index in [1.54, 1.807) is 6.07 Å². The second-order valence-electron chi connectivity index (χ2n) is 6.22. The highest BCUT2D eigenvalue weighted by atomic mass is 32.2. The summed E-state index contributed by atoms with van der Waals surface area (Å²) in [6.07, 6.45) is 7.09. The van der Waals surface area contributed by atoms with Gasteiger partial charge in [-0.05, 0) is 61.8 Å². The van der Waals surface area contributed by atoms with Crippen LogP contribution in [0.4, 0.5) is 0 Å². The average Bonchev–Trinajstić information content (AvgIpc) is 2.49. The van der Waals surface area contributed by atoms with E-state index in [0.29, 0.717) is 17.7 Å². The summed E-state index contributed by atoms with van der Waals surface area (Å²) in [5.74, 6) is 0. The third kappa shape index (κ3) is 3.30. The normalized spacial score (nSPS) is 26.3. The van der Waals surface area contributed by atoms with E-state index in [2.05, 4.69) is 4.72 Å². The Balaban J connectivity index is 1.81. The summed E-state index contributed by atoms with van der Waals surface area (Å²) >= 11 is 0. The molecule has 2 aliphatic rings. The van der Waals surface area contributed by atoms with Crippen LogP contribution in [0.1, 0.15) is 49.7 Å². The fraction of sp³-hybridized carbons (Fsp3) is 0.625. The van der Waals surface area contributed by atoms with Gasteiger partial charge in [0.05, 0.1) is 11.0 Å². The zero-order valence-corrected chi connectivity index (χ0v) is 13.0. The van der Waals surface area contributed by atoms with Crippen LogP contribution in [-0.2, 0) is 22.9 Å². The topological polar surface area (TPSA) is 66.4 Å². The van der Waals surface area contributed by atoms with Crippen molar-refractivity contribution in [2.45, 2.75) is 68.4 Å². The number of hydrogen-bond donors (Lipinski definition) is 2. The molecule has 0 amide bonds. The van der Waals surface area contributed by atoms with Crippen LogP contribution in [-0.4, -0.2) is 25.7 Å². The first-order chi connectivity index (χ1) is 10.1. The number of aryl methyl sites for hydroxylation is 2. The Morgan fingerprint density at radius 3 is 2.48 bits per heavy atom. The maximum atomic E-state index is 12.5. The molecule has 1 aromatic rings. The Hall–Kier alpha value is -0.910. The van der Waals surface area contributed by atoms with E-state index >= 15 is 0 Å². The van der Waals surface area contributed by atoms with Crippen LogP contribution in [0.25, 0.3) is 0 Å². The number of nitrogens with one attached hydrogen (secondary N) is 1. The standard InChI is InChI=1S/C16H23NO3S/c18-16-8-4-3-7-15(16)17-21(19,20)14-10-9-12-5-1-2-6-13(12)11-14/h9-11,15-18H,1-8H2/t15-,16-/m0/s1. The molecule has 0 heterocycles. The fourth-order valence-corrected chi connectivity index (χ4v) is 4.75. The smallest absolute Gasteiger partial charge is 0.240 e. The zero-order valence-electron chi connectivity index (χ0n) is 12.2. The van der Waals surface area contributed by atoms with Crippen molar-refractivity contribution in [3.05, 3.63) is 29.3 Å². The van der Waals surface area contributed by atoms with Gasteiger partial charge >= 0.3 is 0 Å². The molecule has 0 aromatic heterocycles. The summed E-state index contributed by atoms with van der Waals surface area (Å²) in [5.41, 5.74) is 2.44. The highest BCUT2D eigenvalue weighted by Gasteiger charge is 2.28. The third-order valence-electron chi connectivity index (χ3n) is 4.67. The molecule has 3 rings (SSSR count). The zero-order chi connectivity index (χ0) is 14.9. The fourth-order valence-electron chi connectivity index (χ4n) is 3.39. The number of sulfonamides is 1. The number of rotatable bonds is 3. The van der Waals surface area contributed by atoms with Crippen LogP contribution in [0.15, 0.2) is 23.1 Å². The lowest BCUT2D eigenvalue weighted by Crippen LogP contribution is -2.44. The first-order valence-electron chi connectivity index (χ1n) is 7.88. The Morgan fingerprint density at radius 1 is 1.00 bits per heavy atom. The Bertz CT molecular complexity index is 612. The molecule has 0 bridgehead atoms. The van der Waals surface area contributed by atoms with E-state index in [9.17, 15) is 13.5 Å². The first-order valence-corrected chi connectivity index (χ1v) is 9.37. The highest BCUT2D eigenvalue weighted by Crippen LogP contribution is 2.25. The van der Waals surface area contributed by atoms with Gasteiger partial charge in [0.25, 0.3) is 0 Å². The molecule has 4 nitrogen and oxygen atoms in total. The molecule has 1 fully saturated rings. The van der Waals surface area contributed by atoms with E-state index in [-0.39, 0.29) is 6.04 Å². The predicted molar refractivity (Wildman–Crippen MR) is 81.7 cm³/mol. The Kier molecular flexibility index (Phi) is 4.33. The number of aliphatic hydroxyl groups excluding tert-OH is 1. The molecule has 5 heteroatoms. The summed E-state index contributed by atoms with van der Waals surface area (Å²) in [7, 11) is -3.54. The Labute approximate surface area is 126 Å². The van der Waals surface area contributed by atoms with Crippen molar-refractivity contribution in [2.24, 2.45) is 0 Å². The van der Waals surface area contributed by atoms with Crippen molar-refractivity contribution in [3.8, 4) is 0 Å². The van der Waals surface area contributed by atoms with Gasteiger partial charge in [-0.2, -0.15) is 0 Å². The monoisotopic (exact) mass is 309 g/mol. The molecule has 2 aliphatic carbocycles. The lowest BCUT2D eigenvalue weighted by atomic mass is 9.92. The van der Waals surface area contributed by atoms with Crippen LogP contribution >= 0.6 is 0 Å². The lowest BCUT2D eigenvalue weighted by molar-refractivity contribution is 0.101. The maximum Gasteiger partial charge on any atom is 0.240 e. The quantitative estimate of drug-likeness (QED) is 0.899. The van der Waals surface area contributed by atoms with Crippen molar-refractivity contribution in [1.29, 1.82) is 0 Å². The minimum absolute atomic E-state index is 0.334. The van der Waals surface area contributed by atoms with Crippen molar-refractivity contribution < 1.29 is 13.5 Å². The molecule has 21 heavy (non-hydrogen) atoms. The van der Waals surface area contributed by atoms with Gasteiger partial charge in [-0.3, -0.25) is 0 Å². The molecular formula is C16H23NO3S. The van der Waals surface area contributed by atoms with Crippen molar-refractivity contribution >= 4 is 10.0 Å². The van der Waals surface area contributed by atoms with Gasteiger partial charge in [-0.15, -0.1) is 0 Å². The minimum atomic E-state index is -3.54. The number of aliphatic hydroxyl groups is 1. The molecule has 2 N–H and O–H groups in total. The number of benzene rings is 1. The van der Waals surface area contributed by atoms with E-state index in [4.69, 9.17) is 0 Å². The van der Waals surface area contributed by atoms with Gasteiger partial charge in [0, 0.05) is 6.04 Å². The molecule has 1 saturated carbocycles. The summed E-state index contributed by atoms with van der Waals surface area (Å²) in [4.78, 5) is 0.334. The molecule has 0 saturated heterocycles. The summed E-state index contributed by atoms with van der Waals surface area (Å²) in [6, 6.07) is 5.11. The molecule has 2 atom stereocenters. The van der Waals surface area contributed by atoms with Gasteiger partial charge in [0.1, 0.15) is 0 Å². The van der Waals surface area contributed by atoms with E-state index in [1.807, 2.05) is 12.1 Å². The van der Waals surface area contributed by atoms with Gasteiger partial charge in [0.15, 0.2) is 0 Å². The third-order valence-corrected chi connectivity index (χ3v) is 6.15. The van der Waals surface area contributed by atoms with E-state index < -0.39 is 16.1 Å². The highest BCUT2D eigenvalue weighted by molar-refractivity contribution is 7.89. The number of fused-ring (bicyclic) bond motifs is 1. The average molecular weight is 309 g/mol. The second-order valence-corrected chi connectivity index (χ2v) is 7.93. The van der Waals surface area contributed by atoms with Gasteiger partial charge in [-0.1, -0.05) is 18.9 Å². The van der Waals surface area contributed by atoms with Crippen LogP contribution < -0.4 is 4.72 Å². The molecule has 0 spiro atoms. The largest absolute Gasteiger partial charge is 0.391 e. The summed E-state index contributed by atoms with van der Waals surface area (Å²) < 4.78 is 27.7. The van der Waals surface area contributed by atoms with E-state index in [0.717, 1.165) is 37.7 Å². The maximum absolute atomic E-state index is 12.5. The van der Waals surface area contributed by atoms with Crippen molar-refractivity contribution in [3.63, 3.8) is 0 Å². The van der Waals surface area contributed by atoms with Crippen molar-refractivity contribution in [1.82, 2.24) is 4.72 Å². The number of hydrogen-bond acceptors (Lipinski definition) is 3. The second kappa shape index (κ2) is 6.07. The summed E-state index contributed by atoms with van der Waals surface area (Å²) in [5, 5.41) is 9.94. The molecule has 1 aromatic carbocycles. The Morgan fingerprint density at radius 2 is 1.71 bits per heavy atom. The van der Waals surface area contributed by atoms with Crippen LogP contribution in [0, 0.1) is 0 Å². The SMILES string of the molecule is O=S(=O)(N[C@H]1CCCC[C@@H]1O)c1ccc2c(c1)CCCC2. The van der Waals surface area contributed by atoms with Crippen LogP contribution in [0.2, 0.25) is 0 Å². The van der Waals surface area contributed by atoms with Gasteiger partial charge in [-0.25, -0.2) is 13.1 Å². The van der Waals surface area contributed by atoms with Gasteiger partial charge in [0.2, 0.25) is 10.0 Å². The summed E-state index contributed by atoms with van der Waals surface area (Å²) in [6.45, 7) is 0. The molecule has 0 aliphatic heterocycles. The lowest BCUT2D eigenvalue weighted by Gasteiger charge is -2.28. The molecule has 116 valence electrons. The van der Waals surface area contributed by atoms with Crippen LogP contribution in [0.5, 0.6) is 0 Å². The van der Waals surface area contributed by atoms with Crippen LogP contribution in [0.3, 0.4) is 0 Å². The molecule has 0 radical (unpaired) electrons. The van der Waals surface area contributed by atoms with Crippen molar-refractivity contribution in [2.75, 3.05) is 0 Å². The molecule has 0 unspecified atom stereocenters. The van der Waals surface area contributed by atoms with E-state index in [1.165, 1.54) is 12.0 Å². The minimum Gasteiger partial charge on any atom is -0.391 e. The first kappa shape index (κ1) is 15.0. The predicted octanol–water partition coefficient (Wildman–Crippen LogP) is 2.15. The van der Waals surface area contributed by atoms with Gasteiger partial charge < -0.3 is 5.11 Å².